The molecule has 3 rings (SSSR count). The molecule has 1 aliphatic rings. The highest BCUT2D eigenvalue weighted by Crippen LogP contribution is 2.42. The van der Waals surface area contributed by atoms with Gasteiger partial charge in [0.15, 0.2) is 0 Å². The molecule has 0 spiro atoms. The molecule has 3 nitrogen and oxygen atoms in total. The molecule has 2 aromatic carbocycles. The van der Waals surface area contributed by atoms with Crippen LogP contribution in [0.3, 0.4) is 0 Å². The van der Waals surface area contributed by atoms with Crippen molar-refractivity contribution in [2.75, 3.05) is 0 Å². The molecule has 0 amide bonds. The summed E-state index contributed by atoms with van der Waals surface area (Å²) in [4.78, 5) is 1.68. The summed E-state index contributed by atoms with van der Waals surface area (Å²) in [6.07, 6.45) is 0.696. The fraction of sp³-hybridized carbons (Fsp3) is 0.0769. The van der Waals surface area contributed by atoms with Gasteiger partial charge in [-0.2, -0.15) is 8.42 Å². The number of rotatable bonds is 1. The summed E-state index contributed by atoms with van der Waals surface area (Å²) in [5.74, 6) is 0. The molecule has 0 bridgehead atoms. The summed E-state index contributed by atoms with van der Waals surface area (Å²) in [7, 11) is -4.17. The predicted octanol–water partition coefficient (Wildman–Crippen LogP) is 2.99. The maximum atomic E-state index is 11.4. The molecule has 0 aliphatic carbocycles. The lowest BCUT2D eigenvalue weighted by molar-refractivity contribution is 0.480. The zero-order valence-electron chi connectivity index (χ0n) is 9.33. The average Bonchev–Trinajstić information content (AvgIpc) is 2.34. The van der Waals surface area contributed by atoms with Crippen LogP contribution in [0.4, 0.5) is 0 Å². The van der Waals surface area contributed by atoms with Gasteiger partial charge in [0, 0.05) is 9.79 Å². The van der Waals surface area contributed by atoms with Gasteiger partial charge in [-0.05, 0) is 29.7 Å². The van der Waals surface area contributed by atoms with Gasteiger partial charge >= 0.3 is 0 Å². The van der Waals surface area contributed by atoms with E-state index in [4.69, 9.17) is 0 Å². The van der Waals surface area contributed by atoms with Crippen LogP contribution in [0.5, 0.6) is 0 Å². The Bertz CT molecular complexity index is 721. The fourth-order valence-corrected chi connectivity index (χ4v) is 4.22. The van der Waals surface area contributed by atoms with E-state index in [1.165, 1.54) is 23.4 Å². The van der Waals surface area contributed by atoms with E-state index in [0.29, 0.717) is 11.3 Å². The number of fused-ring (bicyclic) bond motifs is 2. The predicted molar refractivity (Wildman–Crippen MR) is 69.6 cm³/mol. The van der Waals surface area contributed by atoms with Gasteiger partial charge in [0.1, 0.15) is 4.90 Å². The Morgan fingerprint density at radius 2 is 1.72 bits per heavy atom. The lowest BCUT2D eigenvalue weighted by Crippen LogP contribution is -2.06. The van der Waals surface area contributed by atoms with Crippen molar-refractivity contribution < 1.29 is 13.0 Å². The first-order valence-corrected chi connectivity index (χ1v) is 7.66. The van der Waals surface area contributed by atoms with E-state index in [0.717, 1.165) is 10.5 Å². The van der Waals surface area contributed by atoms with Crippen molar-refractivity contribution >= 4 is 21.9 Å². The smallest absolute Gasteiger partial charge is 0.282 e. The van der Waals surface area contributed by atoms with Crippen molar-refractivity contribution in [1.82, 2.24) is 0 Å². The van der Waals surface area contributed by atoms with E-state index in [-0.39, 0.29) is 4.90 Å². The Morgan fingerprint density at radius 1 is 1.00 bits per heavy atom. The molecular weight excluding hydrogens is 268 g/mol. The third-order valence-corrected chi connectivity index (χ3v) is 5.23. The molecule has 0 fully saturated rings. The second-order valence-corrected chi connectivity index (χ2v) is 6.55. The van der Waals surface area contributed by atoms with Crippen LogP contribution >= 0.6 is 11.8 Å². The minimum Gasteiger partial charge on any atom is -0.282 e. The Kier molecular flexibility index (Phi) is 2.69. The van der Waals surface area contributed by atoms with Gasteiger partial charge in [0.2, 0.25) is 0 Å². The van der Waals surface area contributed by atoms with Crippen molar-refractivity contribution in [2.24, 2.45) is 0 Å². The molecule has 0 radical (unpaired) electrons. The molecule has 0 saturated carbocycles. The van der Waals surface area contributed by atoms with E-state index in [9.17, 15) is 13.0 Å². The molecule has 92 valence electrons. The lowest BCUT2D eigenvalue weighted by Gasteiger charge is -2.20. The van der Waals surface area contributed by atoms with E-state index < -0.39 is 10.1 Å². The lowest BCUT2D eigenvalue weighted by atomic mass is 10.0. The van der Waals surface area contributed by atoms with Crippen LogP contribution in [-0.2, 0) is 16.5 Å². The summed E-state index contributed by atoms with van der Waals surface area (Å²) < 4.78 is 32.0. The van der Waals surface area contributed by atoms with Gasteiger partial charge in [0.05, 0.1) is 0 Å². The third kappa shape index (κ3) is 1.94. The maximum Gasteiger partial charge on any atom is 0.295 e. The largest absolute Gasteiger partial charge is 0.295 e. The highest BCUT2D eigenvalue weighted by Gasteiger charge is 2.23. The Hall–Kier alpha value is -1.30. The monoisotopic (exact) mass is 278 g/mol. The first-order chi connectivity index (χ1) is 8.55. The average molecular weight is 278 g/mol. The number of hydrogen-bond donors (Lipinski definition) is 1. The zero-order chi connectivity index (χ0) is 12.8. The molecule has 0 unspecified atom stereocenters. The Labute approximate surface area is 110 Å². The van der Waals surface area contributed by atoms with Crippen molar-refractivity contribution in [3.05, 3.63) is 53.6 Å². The SMILES string of the molecule is O=S(=O)(O)c1cccc2c1Sc1ccccc1C2. The molecular formula is C13H10O3S2. The van der Waals surface area contributed by atoms with E-state index in [1.54, 1.807) is 6.07 Å². The van der Waals surface area contributed by atoms with Crippen molar-refractivity contribution in [3.63, 3.8) is 0 Å². The van der Waals surface area contributed by atoms with E-state index in [1.807, 2.05) is 30.3 Å². The highest BCUT2D eigenvalue weighted by atomic mass is 32.2. The van der Waals surface area contributed by atoms with Crippen LogP contribution in [0.15, 0.2) is 57.2 Å². The van der Waals surface area contributed by atoms with Crippen molar-refractivity contribution in [1.29, 1.82) is 0 Å². The third-order valence-electron chi connectivity index (χ3n) is 2.90. The van der Waals surface area contributed by atoms with Crippen LogP contribution in [0.1, 0.15) is 11.1 Å². The minimum atomic E-state index is -4.17. The Balaban J connectivity index is 2.20. The van der Waals surface area contributed by atoms with Crippen LogP contribution in [0, 0.1) is 0 Å². The molecule has 0 saturated heterocycles. The molecule has 0 aromatic heterocycles. The van der Waals surface area contributed by atoms with Crippen LogP contribution in [-0.4, -0.2) is 13.0 Å². The first kappa shape index (κ1) is 11.8. The summed E-state index contributed by atoms with van der Waals surface area (Å²) in [6, 6.07) is 12.9. The number of benzene rings is 2. The second kappa shape index (κ2) is 4.12. The summed E-state index contributed by atoms with van der Waals surface area (Å²) in [5.41, 5.74) is 2.12. The molecule has 0 atom stereocenters. The fourth-order valence-electron chi connectivity index (χ4n) is 2.08. The molecule has 1 aliphatic heterocycles. The summed E-state index contributed by atoms with van der Waals surface area (Å²) in [6.45, 7) is 0. The highest BCUT2D eigenvalue weighted by molar-refractivity contribution is 8.00. The molecule has 5 heteroatoms. The molecule has 2 aromatic rings. The van der Waals surface area contributed by atoms with Gasteiger partial charge in [-0.1, -0.05) is 42.1 Å². The van der Waals surface area contributed by atoms with Crippen LogP contribution < -0.4 is 0 Å². The second-order valence-electron chi connectivity index (χ2n) is 4.11. The van der Waals surface area contributed by atoms with Gasteiger partial charge in [-0.15, -0.1) is 0 Å². The van der Waals surface area contributed by atoms with Gasteiger partial charge in [0.25, 0.3) is 10.1 Å². The maximum absolute atomic E-state index is 11.4. The quantitative estimate of drug-likeness (QED) is 0.695. The van der Waals surface area contributed by atoms with Crippen LogP contribution in [0.2, 0.25) is 0 Å². The summed E-state index contributed by atoms with van der Waals surface area (Å²) >= 11 is 1.40. The first-order valence-electron chi connectivity index (χ1n) is 5.41. The topological polar surface area (TPSA) is 54.4 Å². The van der Waals surface area contributed by atoms with Gasteiger partial charge in [-0.25, -0.2) is 0 Å². The van der Waals surface area contributed by atoms with Gasteiger partial charge in [-0.3, -0.25) is 4.55 Å². The normalized spacial score (nSPS) is 13.8. The standard InChI is InChI=1S/C13H10O3S2/c14-18(15,16)12-7-3-5-10-8-9-4-1-2-6-11(9)17-13(10)12/h1-7H,8H2,(H,14,15,16). The Morgan fingerprint density at radius 3 is 2.50 bits per heavy atom. The van der Waals surface area contributed by atoms with E-state index in [2.05, 4.69) is 0 Å². The van der Waals surface area contributed by atoms with Crippen LogP contribution in [0.25, 0.3) is 0 Å². The van der Waals surface area contributed by atoms with Crippen molar-refractivity contribution in [2.45, 2.75) is 21.1 Å². The summed E-state index contributed by atoms with van der Waals surface area (Å²) in [5, 5.41) is 0. The van der Waals surface area contributed by atoms with Gasteiger partial charge < -0.3 is 0 Å². The minimum absolute atomic E-state index is 0.000460. The number of hydrogen-bond acceptors (Lipinski definition) is 3. The molecule has 18 heavy (non-hydrogen) atoms. The van der Waals surface area contributed by atoms with Crippen molar-refractivity contribution in [3.8, 4) is 0 Å². The zero-order valence-corrected chi connectivity index (χ0v) is 11.0. The molecule has 1 N–H and O–H groups in total. The van der Waals surface area contributed by atoms with E-state index >= 15 is 0 Å². The molecule has 1 heterocycles.